The van der Waals surface area contributed by atoms with E-state index < -0.39 is 5.54 Å². The van der Waals surface area contributed by atoms with E-state index in [0.717, 1.165) is 33.5 Å². The van der Waals surface area contributed by atoms with Gasteiger partial charge in [0.15, 0.2) is 5.54 Å². The van der Waals surface area contributed by atoms with Gasteiger partial charge in [0.2, 0.25) is 0 Å². The molecule has 1 fully saturated rings. The van der Waals surface area contributed by atoms with Crippen molar-refractivity contribution in [3.63, 3.8) is 0 Å². The predicted octanol–water partition coefficient (Wildman–Crippen LogP) is 5.66. The minimum atomic E-state index is -1.19. The Morgan fingerprint density at radius 1 is 1.00 bits per heavy atom. The molecule has 0 saturated carbocycles. The summed E-state index contributed by atoms with van der Waals surface area (Å²) in [7, 11) is 1.64. The summed E-state index contributed by atoms with van der Waals surface area (Å²) in [5.41, 5.74) is 2.83. The zero-order chi connectivity index (χ0) is 23.6. The molecule has 1 N–H and O–H groups in total. The van der Waals surface area contributed by atoms with Gasteiger partial charge in [-0.1, -0.05) is 60.1 Å². The lowest BCUT2D eigenvalue weighted by atomic mass is 9.78. The maximum atomic E-state index is 14.0. The summed E-state index contributed by atoms with van der Waals surface area (Å²) in [6, 6.07) is 22.4. The van der Waals surface area contributed by atoms with Crippen molar-refractivity contribution in [1.82, 2.24) is 9.88 Å². The van der Waals surface area contributed by atoms with Gasteiger partial charge < -0.3 is 14.6 Å². The highest BCUT2D eigenvalue weighted by Gasteiger charge is 2.61. The summed E-state index contributed by atoms with van der Waals surface area (Å²) in [6.07, 6.45) is 0. The van der Waals surface area contributed by atoms with Crippen molar-refractivity contribution in [2.75, 3.05) is 18.6 Å². The van der Waals surface area contributed by atoms with E-state index >= 15 is 0 Å². The number of fused-ring (bicyclic) bond motifs is 5. The second-order valence-electron chi connectivity index (χ2n) is 8.81. The number of methoxy groups -OCH3 is 1. The number of H-pyrrole nitrogens is 1. The van der Waals surface area contributed by atoms with Crippen LogP contribution in [0.5, 0.6) is 5.75 Å². The number of para-hydroxylation sites is 3. The summed E-state index contributed by atoms with van der Waals surface area (Å²) in [5.74, 6) is 0.239. The molecule has 1 unspecified atom stereocenters. The molecule has 0 bridgehead atoms. The van der Waals surface area contributed by atoms with E-state index in [9.17, 15) is 9.59 Å². The number of imide groups is 1. The molecule has 3 aromatic carbocycles. The number of aromatic amines is 1. The fourth-order valence-electron chi connectivity index (χ4n) is 5.47. The monoisotopic (exact) mass is 471 g/mol. The second-order valence-corrected chi connectivity index (χ2v) is 9.22. The number of ether oxygens (including phenoxy) is 1. The lowest BCUT2D eigenvalue weighted by Crippen LogP contribution is -2.50. The quantitative estimate of drug-likeness (QED) is 0.392. The highest BCUT2D eigenvalue weighted by atomic mass is 35.5. The van der Waals surface area contributed by atoms with Gasteiger partial charge in [-0.3, -0.25) is 4.79 Å². The van der Waals surface area contributed by atoms with Gasteiger partial charge >= 0.3 is 6.03 Å². The average molecular weight is 472 g/mol. The third kappa shape index (κ3) is 2.63. The first kappa shape index (κ1) is 20.8. The molecule has 0 radical (unpaired) electrons. The number of nitrogens with zero attached hydrogens (tertiary/aromatic N) is 2. The number of halogens is 1. The Labute approximate surface area is 201 Å². The van der Waals surface area contributed by atoms with Crippen LogP contribution in [0.1, 0.15) is 29.7 Å². The van der Waals surface area contributed by atoms with E-state index in [0.29, 0.717) is 17.3 Å². The van der Waals surface area contributed by atoms with Crippen LogP contribution in [-0.2, 0) is 10.3 Å². The van der Waals surface area contributed by atoms with E-state index in [2.05, 4.69) is 11.1 Å². The molecular weight excluding hydrogens is 450 g/mol. The maximum absolute atomic E-state index is 14.0. The van der Waals surface area contributed by atoms with E-state index in [-0.39, 0.29) is 17.9 Å². The molecule has 1 saturated heterocycles. The molecule has 34 heavy (non-hydrogen) atoms. The molecule has 0 aliphatic carbocycles. The van der Waals surface area contributed by atoms with Gasteiger partial charge in [-0.15, -0.1) is 0 Å². The van der Waals surface area contributed by atoms with Crippen molar-refractivity contribution in [1.29, 1.82) is 0 Å². The SMILES string of the molecule is COc1ccccc1C1CN2C(=O)N(c3ccccc3Cl)C(=O)[C@]2(C)c2[nH]c3ccccc3c21. The molecule has 4 aromatic rings. The van der Waals surface area contributed by atoms with Crippen molar-refractivity contribution >= 4 is 40.1 Å². The number of anilines is 1. The molecule has 170 valence electrons. The minimum Gasteiger partial charge on any atom is -0.496 e. The lowest BCUT2D eigenvalue weighted by Gasteiger charge is -2.40. The van der Waals surface area contributed by atoms with Crippen LogP contribution in [0.2, 0.25) is 5.02 Å². The Balaban J connectivity index is 1.62. The van der Waals surface area contributed by atoms with E-state index in [1.165, 1.54) is 4.90 Å². The van der Waals surface area contributed by atoms with Crippen LogP contribution in [0.15, 0.2) is 72.8 Å². The van der Waals surface area contributed by atoms with Crippen LogP contribution in [0, 0.1) is 0 Å². The number of hydrogen-bond acceptors (Lipinski definition) is 3. The Morgan fingerprint density at radius 2 is 1.71 bits per heavy atom. The van der Waals surface area contributed by atoms with Crippen LogP contribution >= 0.6 is 11.6 Å². The number of aromatic nitrogens is 1. The Kier molecular flexibility index (Phi) is 4.51. The number of urea groups is 1. The van der Waals surface area contributed by atoms with Crippen molar-refractivity contribution in [3.8, 4) is 5.75 Å². The highest BCUT2D eigenvalue weighted by Crippen LogP contribution is 2.51. The van der Waals surface area contributed by atoms with Gasteiger partial charge in [0.25, 0.3) is 5.91 Å². The van der Waals surface area contributed by atoms with E-state index in [1.54, 1.807) is 36.3 Å². The first-order valence-corrected chi connectivity index (χ1v) is 11.5. The van der Waals surface area contributed by atoms with Gasteiger partial charge in [-0.25, -0.2) is 9.69 Å². The van der Waals surface area contributed by atoms with Crippen LogP contribution < -0.4 is 9.64 Å². The zero-order valence-electron chi connectivity index (χ0n) is 18.7. The molecular formula is C27H22ClN3O3. The second kappa shape index (κ2) is 7.37. The number of rotatable bonds is 3. The molecule has 3 heterocycles. The Morgan fingerprint density at radius 3 is 2.50 bits per heavy atom. The average Bonchev–Trinajstić information content (AvgIpc) is 3.34. The van der Waals surface area contributed by atoms with E-state index in [4.69, 9.17) is 16.3 Å². The van der Waals surface area contributed by atoms with Gasteiger partial charge in [0, 0.05) is 28.9 Å². The highest BCUT2D eigenvalue weighted by molar-refractivity contribution is 6.36. The Bertz CT molecular complexity index is 1480. The van der Waals surface area contributed by atoms with Gasteiger partial charge in [0.1, 0.15) is 5.75 Å². The summed E-state index contributed by atoms with van der Waals surface area (Å²) >= 11 is 6.42. The van der Waals surface area contributed by atoms with Gasteiger partial charge in [-0.2, -0.15) is 0 Å². The molecule has 7 heteroatoms. The lowest BCUT2D eigenvalue weighted by molar-refractivity contribution is -0.125. The normalized spacial score (nSPS) is 21.7. The van der Waals surface area contributed by atoms with Crippen LogP contribution in [0.3, 0.4) is 0 Å². The van der Waals surface area contributed by atoms with Crippen molar-refractivity contribution in [2.24, 2.45) is 0 Å². The van der Waals surface area contributed by atoms with E-state index in [1.807, 2.05) is 49.4 Å². The summed E-state index contributed by atoms with van der Waals surface area (Å²) < 4.78 is 5.68. The third-order valence-electron chi connectivity index (χ3n) is 7.14. The summed E-state index contributed by atoms with van der Waals surface area (Å²) in [6.45, 7) is 2.15. The molecule has 6 nitrogen and oxygen atoms in total. The maximum Gasteiger partial charge on any atom is 0.332 e. The fourth-order valence-corrected chi connectivity index (χ4v) is 5.69. The van der Waals surface area contributed by atoms with Crippen LogP contribution in [-0.4, -0.2) is 35.5 Å². The number of carbonyl (C=O) groups excluding carboxylic acids is 2. The number of amides is 3. The Hall–Kier alpha value is -3.77. The molecule has 2 atom stereocenters. The van der Waals surface area contributed by atoms with Gasteiger partial charge in [-0.05, 0) is 36.8 Å². The predicted molar refractivity (Wildman–Crippen MR) is 132 cm³/mol. The van der Waals surface area contributed by atoms with Crippen molar-refractivity contribution < 1.29 is 14.3 Å². The first-order chi connectivity index (χ1) is 16.5. The first-order valence-electron chi connectivity index (χ1n) is 11.1. The summed E-state index contributed by atoms with van der Waals surface area (Å²) in [4.78, 5) is 34.1. The zero-order valence-corrected chi connectivity index (χ0v) is 19.5. The molecule has 2 aliphatic rings. The molecule has 3 amide bonds. The molecule has 6 rings (SSSR count). The number of hydrogen-bond donors (Lipinski definition) is 1. The molecule has 0 spiro atoms. The standard InChI is InChI=1S/C27H22ClN3O3/c1-27-24-23(17-10-3-6-12-20(17)29-24)18(16-9-4-8-14-22(16)34-2)15-30(27)26(33)31(25(27)32)21-13-7-5-11-19(21)28/h3-14,18,29H,15H2,1-2H3/t18?,27-/m0/s1. The molecule has 2 aliphatic heterocycles. The number of benzene rings is 3. The van der Waals surface area contributed by atoms with Gasteiger partial charge in [0.05, 0.1) is 23.5 Å². The smallest absolute Gasteiger partial charge is 0.332 e. The minimum absolute atomic E-state index is 0.182. The molecule has 1 aromatic heterocycles. The fraction of sp³-hybridized carbons (Fsp3) is 0.185. The largest absolute Gasteiger partial charge is 0.496 e. The van der Waals surface area contributed by atoms with Crippen molar-refractivity contribution in [3.05, 3.63) is 94.6 Å². The van der Waals surface area contributed by atoms with Crippen molar-refractivity contribution in [2.45, 2.75) is 18.4 Å². The van der Waals surface area contributed by atoms with Crippen LogP contribution in [0.25, 0.3) is 10.9 Å². The number of carbonyl (C=O) groups is 2. The van der Waals surface area contributed by atoms with Crippen LogP contribution in [0.4, 0.5) is 10.5 Å². The third-order valence-corrected chi connectivity index (χ3v) is 7.46. The number of nitrogens with one attached hydrogen (secondary N) is 1. The summed E-state index contributed by atoms with van der Waals surface area (Å²) in [5, 5.41) is 1.39. The topological polar surface area (TPSA) is 65.6 Å².